The van der Waals surface area contributed by atoms with Gasteiger partial charge < -0.3 is 0 Å². The number of benzene rings is 3. The third kappa shape index (κ3) is 6.08. The maximum absolute atomic E-state index is 14.1. The van der Waals surface area contributed by atoms with Gasteiger partial charge in [-0.05, 0) is 0 Å². The fraction of sp³-hybridized carbons (Fsp3) is 0.276. The first kappa shape index (κ1) is 25.1. The first-order valence-corrected chi connectivity index (χ1v) is 18.2. The van der Waals surface area contributed by atoms with E-state index in [9.17, 15) is 14.4 Å². The van der Waals surface area contributed by atoms with Crippen LogP contribution in [-0.2, 0) is 0 Å². The Labute approximate surface area is 201 Å². The molecule has 0 aliphatic rings. The molecule has 0 heterocycles. The Hall–Kier alpha value is -2.53. The Balaban J connectivity index is 2.08. The fourth-order valence-corrected chi connectivity index (χ4v) is 15.9. The molecule has 0 aliphatic heterocycles. The van der Waals surface area contributed by atoms with Crippen LogP contribution in [-0.4, -0.2) is 29.8 Å². The number of unbranched alkanes of at least 4 members (excludes halogenated alkanes) is 5. The predicted octanol–water partition coefficient (Wildman–Crippen LogP) is 7.06. The van der Waals surface area contributed by atoms with Gasteiger partial charge in [-0.2, -0.15) is 0 Å². The molecule has 0 saturated heterocycles. The number of hydrogen-bond acceptors (Lipinski definition) is 3. The van der Waals surface area contributed by atoms with E-state index in [0.29, 0.717) is 21.1 Å². The predicted molar refractivity (Wildman–Crippen MR) is 136 cm³/mol. The molecule has 3 aromatic carbocycles. The van der Waals surface area contributed by atoms with Gasteiger partial charge in [0.15, 0.2) is 0 Å². The van der Waals surface area contributed by atoms with Gasteiger partial charge in [0.2, 0.25) is 0 Å². The van der Waals surface area contributed by atoms with Gasteiger partial charge >= 0.3 is 202 Å². The van der Waals surface area contributed by atoms with Crippen LogP contribution in [0.4, 0.5) is 0 Å². The fourth-order valence-electron chi connectivity index (χ4n) is 4.33. The summed E-state index contributed by atoms with van der Waals surface area (Å²) in [4.78, 5) is 42.3. The third-order valence-electron chi connectivity index (χ3n) is 6.18. The summed E-state index contributed by atoms with van der Waals surface area (Å²) in [5.74, 6) is 0. The van der Waals surface area contributed by atoms with Gasteiger partial charge in [0.25, 0.3) is 0 Å². The molecular weight excluding hydrogens is 515 g/mol. The Morgan fingerprint density at radius 2 is 0.848 bits per heavy atom. The van der Waals surface area contributed by atoms with Crippen LogP contribution >= 0.6 is 0 Å². The van der Waals surface area contributed by atoms with Crippen molar-refractivity contribution in [3.63, 3.8) is 0 Å². The quantitative estimate of drug-likeness (QED) is 0.170. The summed E-state index contributed by atoms with van der Waals surface area (Å²) >= 11 is -4.85. The molecular formula is C29H32O3Sn. The minimum atomic E-state index is -4.85. The summed E-state index contributed by atoms with van der Waals surface area (Å²) in [6, 6.07) is 26.8. The molecule has 3 nitrogen and oxygen atoms in total. The standard InChI is InChI=1S/C8H17.3C7H5O.Sn/c1-3-5-7-8-6-4-2;3*8-6-7-4-2-1-3-5-7;/h1,3-8H2,2H3;3*1-5H;. The van der Waals surface area contributed by atoms with Crippen molar-refractivity contribution in [1.29, 1.82) is 0 Å². The molecule has 4 heteroatoms. The van der Waals surface area contributed by atoms with Crippen molar-refractivity contribution in [3.05, 3.63) is 108 Å². The van der Waals surface area contributed by atoms with E-state index >= 15 is 0 Å². The average Bonchev–Trinajstić information content (AvgIpc) is 2.89. The normalized spacial score (nSPS) is 11.2. The molecule has 0 aromatic heterocycles. The summed E-state index contributed by atoms with van der Waals surface area (Å²) in [6.45, 7) is 2.18. The molecule has 3 rings (SSSR count). The molecule has 0 saturated carbocycles. The van der Waals surface area contributed by atoms with Crippen molar-refractivity contribution >= 4 is 29.8 Å². The molecule has 0 aliphatic carbocycles. The van der Waals surface area contributed by atoms with E-state index in [0.717, 1.165) is 32.1 Å². The number of carbonyl (C=O) groups excluding carboxylic acids is 3. The molecule has 3 aromatic rings. The van der Waals surface area contributed by atoms with Crippen LogP contribution in [0, 0.1) is 0 Å². The van der Waals surface area contributed by atoms with E-state index in [1.54, 1.807) is 72.8 Å². The van der Waals surface area contributed by atoms with Crippen molar-refractivity contribution in [2.24, 2.45) is 0 Å². The number of hydrogen-bond donors (Lipinski definition) is 0. The van der Waals surface area contributed by atoms with Gasteiger partial charge in [0.1, 0.15) is 0 Å². The summed E-state index contributed by atoms with van der Waals surface area (Å²) in [7, 11) is 0. The maximum atomic E-state index is 14.1. The monoisotopic (exact) mass is 548 g/mol. The summed E-state index contributed by atoms with van der Waals surface area (Å²) in [5, 5.41) is 0. The van der Waals surface area contributed by atoms with E-state index < -0.39 is 18.4 Å². The van der Waals surface area contributed by atoms with Gasteiger partial charge in [-0.15, -0.1) is 0 Å². The van der Waals surface area contributed by atoms with Gasteiger partial charge in [0, 0.05) is 0 Å². The molecule has 0 amide bonds. The van der Waals surface area contributed by atoms with Gasteiger partial charge in [-0.3, -0.25) is 0 Å². The first-order valence-electron chi connectivity index (χ1n) is 11.9. The SMILES string of the molecule is CCCCCCC[CH2][Sn]([C](=O)c1ccccc1)([C](=O)c1ccccc1)[C](=O)c1ccccc1. The van der Waals surface area contributed by atoms with E-state index in [1.807, 2.05) is 18.2 Å². The molecule has 0 fully saturated rings. The van der Waals surface area contributed by atoms with Crippen LogP contribution in [0.25, 0.3) is 0 Å². The second-order valence-corrected chi connectivity index (χ2v) is 19.0. The Kier molecular flexibility index (Phi) is 9.61. The molecule has 0 N–H and O–H groups in total. The Morgan fingerprint density at radius 1 is 0.515 bits per heavy atom. The van der Waals surface area contributed by atoms with Gasteiger partial charge in [-0.1, -0.05) is 0 Å². The molecule has 0 radical (unpaired) electrons. The zero-order valence-corrected chi connectivity index (χ0v) is 22.2. The van der Waals surface area contributed by atoms with Crippen LogP contribution < -0.4 is 0 Å². The minimum absolute atomic E-state index is 0.207. The Bertz CT molecular complexity index is 921. The van der Waals surface area contributed by atoms with Crippen LogP contribution in [0.1, 0.15) is 76.5 Å². The summed E-state index contributed by atoms with van der Waals surface area (Å²) in [5.41, 5.74) is 1.44. The Morgan fingerprint density at radius 3 is 1.21 bits per heavy atom. The average molecular weight is 547 g/mol. The van der Waals surface area contributed by atoms with Gasteiger partial charge in [0.05, 0.1) is 0 Å². The molecule has 0 spiro atoms. The molecule has 170 valence electrons. The summed E-state index contributed by atoms with van der Waals surface area (Å²) in [6.07, 6.45) is 6.22. The van der Waals surface area contributed by atoms with Crippen LogP contribution in [0.15, 0.2) is 91.0 Å². The van der Waals surface area contributed by atoms with Crippen molar-refractivity contribution in [3.8, 4) is 0 Å². The van der Waals surface area contributed by atoms with Crippen molar-refractivity contribution in [1.82, 2.24) is 0 Å². The van der Waals surface area contributed by atoms with Crippen LogP contribution in [0.2, 0.25) is 4.44 Å². The first-order chi connectivity index (χ1) is 16.1. The second-order valence-electron chi connectivity index (χ2n) is 8.51. The van der Waals surface area contributed by atoms with Crippen molar-refractivity contribution in [2.75, 3.05) is 0 Å². The summed E-state index contributed by atoms with van der Waals surface area (Å²) < 4.78 is -0.209. The van der Waals surface area contributed by atoms with E-state index in [1.165, 1.54) is 6.42 Å². The van der Waals surface area contributed by atoms with E-state index in [4.69, 9.17) is 0 Å². The molecule has 0 bridgehead atoms. The zero-order valence-electron chi connectivity index (χ0n) is 19.3. The van der Waals surface area contributed by atoms with Crippen LogP contribution in [0.5, 0.6) is 0 Å². The van der Waals surface area contributed by atoms with E-state index in [-0.39, 0.29) is 11.4 Å². The number of carbonyl (C=O) groups is 3. The molecule has 0 atom stereocenters. The zero-order chi connectivity index (χ0) is 23.5. The molecule has 0 unspecified atom stereocenters. The number of rotatable bonds is 13. The molecule has 33 heavy (non-hydrogen) atoms. The van der Waals surface area contributed by atoms with Crippen molar-refractivity contribution < 1.29 is 14.4 Å². The second kappa shape index (κ2) is 12.6. The van der Waals surface area contributed by atoms with Crippen LogP contribution in [0.3, 0.4) is 0 Å². The van der Waals surface area contributed by atoms with E-state index in [2.05, 4.69) is 6.92 Å². The van der Waals surface area contributed by atoms with Gasteiger partial charge in [-0.25, -0.2) is 0 Å². The van der Waals surface area contributed by atoms with Crippen molar-refractivity contribution in [2.45, 2.75) is 49.9 Å². The topological polar surface area (TPSA) is 51.2 Å². The third-order valence-corrected chi connectivity index (χ3v) is 18.4.